The van der Waals surface area contributed by atoms with Gasteiger partial charge in [-0.1, -0.05) is 17.7 Å². The molecule has 112 valence electrons. The van der Waals surface area contributed by atoms with E-state index in [0.29, 0.717) is 5.95 Å². The second-order valence-corrected chi connectivity index (χ2v) is 5.54. The van der Waals surface area contributed by atoms with Crippen LogP contribution in [0.1, 0.15) is 25.0 Å². The van der Waals surface area contributed by atoms with Crippen LogP contribution in [0.2, 0.25) is 5.28 Å². The molecular weight excluding hydrogens is 288 g/mol. The highest BCUT2D eigenvalue weighted by atomic mass is 35.5. The Labute approximate surface area is 130 Å². The highest BCUT2D eigenvalue weighted by molar-refractivity contribution is 6.28. The van der Waals surface area contributed by atoms with Gasteiger partial charge in [-0.2, -0.15) is 15.0 Å². The molecule has 0 bridgehead atoms. The van der Waals surface area contributed by atoms with E-state index in [1.807, 2.05) is 44.9 Å². The fourth-order valence-corrected chi connectivity index (χ4v) is 2.17. The van der Waals surface area contributed by atoms with E-state index < -0.39 is 0 Å². The number of hydrogen-bond donors (Lipinski definition) is 0. The zero-order chi connectivity index (χ0) is 15.6. The molecule has 0 amide bonds. The van der Waals surface area contributed by atoms with Crippen molar-refractivity contribution in [1.29, 1.82) is 0 Å². The van der Waals surface area contributed by atoms with Gasteiger partial charge < -0.3 is 9.64 Å². The fourth-order valence-electron chi connectivity index (χ4n) is 2.02. The van der Waals surface area contributed by atoms with Crippen LogP contribution in [0.15, 0.2) is 18.2 Å². The highest BCUT2D eigenvalue weighted by Gasteiger charge is 2.14. The predicted molar refractivity (Wildman–Crippen MR) is 84.6 cm³/mol. The summed E-state index contributed by atoms with van der Waals surface area (Å²) in [5, 5.41) is 0.118. The molecule has 0 aliphatic carbocycles. The number of hydrogen-bond acceptors (Lipinski definition) is 5. The van der Waals surface area contributed by atoms with Gasteiger partial charge >= 0.3 is 6.01 Å². The molecule has 2 rings (SSSR count). The minimum absolute atomic E-state index is 0.0252. The molecule has 0 atom stereocenters. The SMILES string of the molecule is Cc1ccc(N(C)c2nc(Cl)nc(OC(C)C)n2)c(C)c1. The highest BCUT2D eigenvalue weighted by Crippen LogP contribution is 2.26. The van der Waals surface area contributed by atoms with Gasteiger partial charge in [-0.15, -0.1) is 0 Å². The molecule has 0 unspecified atom stereocenters. The van der Waals surface area contributed by atoms with Crippen molar-refractivity contribution in [2.24, 2.45) is 0 Å². The summed E-state index contributed by atoms with van der Waals surface area (Å²) in [6, 6.07) is 6.43. The van der Waals surface area contributed by atoms with Crippen LogP contribution >= 0.6 is 11.6 Å². The largest absolute Gasteiger partial charge is 0.461 e. The number of anilines is 2. The van der Waals surface area contributed by atoms with Crippen molar-refractivity contribution in [3.8, 4) is 6.01 Å². The van der Waals surface area contributed by atoms with E-state index in [2.05, 4.69) is 27.9 Å². The van der Waals surface area contributed by atoms with Crippen LogP contribution in [0.4, 0.5) is 11.6 Å². The summed E-state index contributed by atoms with van der Waals surface area (Å²) in [4.78, 5) is 14.3. The second-order valence-electron chi connectivity index (χ2n) is 5.20. The van der Waals surface area contributed by atoms with Gasteiger partial charge in [0.15, 0.2) is 0 Å². The minimum atomic E-state index is -0.0252. The van der Waals surface area contributed by atoms with Crippen molar-refractivity contribution in [3.05, 3.63) is 34.6 Å². The van der Waals surface area contributed by atoms with Crippen molar-refractivity contribution < 1.29 is 4.74 Å². The summed E-state index contributed by atoms with van der Waals surface area (Å²) in [5.41, 5.74) is 3.36. The van der Waals surface area contributed by atoms with E-state index in [0.717, 1.165) is 11.3 Å². The van der Waals surface area contributed by atoms with Crippen LogP contribution in [0, 0.1) is 13.8 Å². The summed E-state index contributed by atoms with van der Waals surface area (Å²) in [5.74, 6) is 0.456. The number of aromatic nitrogens is 3. The lowest BCUT2D eigenvalue weighted by atomic mass is 10.1. The molecule has 1 aromatic carbocycles. The van der Waals surface area contributed by atoms with Crippen LogP contribution in [0.5, 0.6) is 6.01 Å². The molecule has 0 saturated carbocycles. The molecule has 0 fully saturated rings. The lowest BCUT2D eigenvalue weighted by Gasteiger charge is -2.20. The Kier molecular flexibility index (Phi) is 4.63. The molecule has 0 aliphatic heterocycles. The molecule has 0 saturated heterocycles. The Morgan fingerprint density at radius 1 is 1.14 bits per heavy atom. The van der Waals surface area contributed by atoms with E-state index >= 15 is 0 Å². The topological polar surface area (TPSA) is 51.1 Å². The van der Waals surface area contributed by atoms with Crippen molar-refractivity contribution in [2.75, 3.05) is 11.9 Å². The number of halogens is 1. The zero-order valence-corrected chi connectivity index (χ0v) is 13.6. The predicted octanol–water partition coefficient (Wildman–Crippen LogP) is 3.70. The molecule has 0 spiro atoms. The Balaban J connectivity index is 2.38. The van der Waals surface area contributed by atoms with Gasteiger partial charge in [0.05, 0.1) is 6.10 Å². The van der Waals surface area contributed by atoms with Crippen molar-refractivity contribution >= 4 is 23.2 Å². The van der Waals surface area contributed by atoms with Gasteiger partial charge in [0.2, 0.25) is 11.2 Å². The van der Waals surface area contributed by atoms with Crippen LogP contribution in [-0.2, 0) is 0 Å². The van der Waals surface area contributed by atoms with Gasteiger partial charge in [0, 0.05) is 12.7 Å². The van der Waals surface area contributed by atoms with Crippen molar-refractivity contribution in [1.82, 2.24) is 15.0 Å². The third-order valence-electron chi connectivity index (χ3n) is 2.93. The maximum absolute atomic E-state index is 5.96. The van der Waals surface area contributed by atoms with E-state index in [1.54, 1.807) is 0 Å². The number of benzene rings is 1. The van der Waals surface area contributed by atoms with E-state index in [4.69, 9.17) is 16.3 Å². The molecule has 0 aliphatic rings. The Bertz CT molecular complexity index is 646. The first kappa shape index (κ1) is 15.5. The van der Waals surface area contributed by atoms with Gasteiger partial charge in [-0.05, 0) is 50.9 Å². The van der Waals surface area contributed by atoms with E-state index in [9.17, 15) is 0 Å². The Morgan fingerprint density at radius 2 is 1.86 bits per heavy atom. The van der Waals surface area contributed by atoms with E-state index in [1.165, 1.54) is 5.56 Å². The maximum Gasteiger partial charge on any atom is 0.322 e. The smallest absolute Gasteiger partial charge is 0.322 e. The van der Waals surface area contributed by atoms with Gasteiger partial charge in [0.1, 0.15) is 0 Å². The first-order valence-corrected chi connectivity index (χ1v) is 7.14. The molecule has 5 nitrogen and oxygen atoms in total. The number of aryl methyl sites for hydroxylation is 2. The molecule has 6 heteroatoms. The monoisotopic (exact) mass is 306 g/mol. The lowest BCUT2D eigenvalue weighted by molar-refractivity contribution is 0.221. The molecule has 1 aromatic heterocycles. The number of nitrogens with zero attached hydrogens (tertiary/aromatic N) is 4. The molecule has 21 heavy (non-hydrogen) atoms. The quantitative estimate of drug-likeness (QED) is 0.862. The number of rotatable bonds is 4. The molecule has 2 aromatic rings. The average molecular weight is 307 g/mol. The van der Waals surface area contributed by atoms with Crippen LogP contribution in [0.25, 0.3) is 0 Å². The first-order valence-electron chi connectivity index (χ1n) is 6.76. The molecular formula is C15H19ClN4O. The van der Waals surface area contributed by atoms with Crippen molar-refractivity contribution in [2.45, 2.75) is 33.8 Å². The van der Waals surface area contributed by atoms with Crippen LogP contribution in [0.3, 0.4) is 0 Å². The summed E-state index contributed by atoms with van der Waals surface area (Å²) < 4.78 is 5.50. The van der Waals surface area contributed by atoms with Crippen LogP contribution in [-0.4, -0.2) is 28.1 Å². The Morgan fingerprint density at radius 3 is 2.48 bits per heavy atom. The van der Waals surface area contributed by atoms with Gasteiger partial charge in [0.25, 0.3) is 0 Å². The normalized spacial score (nSPS) is 10.8. The molecule has 0 N–H and O–H groups in total. The van der Waals surface area contributed by atoms with Crippen LogP contribution < -0.4 is 9.64 Å². The van der Waals surface area contributed by atoms with E-state index in [-0.39, 0.29) is 17.4 Å². The Hall–Kier alpha value is -1.88. The standard InChI is InChI=1S/C15H19ClN4O/c1-9(2)21-15-18-13(16)17-14(19-15)20(5)12-7-6-10(3)8-11(12)4/h6-9H,1-5H3. The average Bonchev–Trinajstić information content (AvgIpc) is 2.36. The summed E-state index contributed by atoms with van der Waals surface area (Å²) >= 11 is 5.96. The summed E-state index contributed by atoms with van der Waals surface area (Å²) in [7, 11) is 1.89. The van der Waals surface area contributed by atoms with Gasteiger partial charge in [-0.3, -0.25) is 0 Å². The molecule has 0 radical (unpaired) electrons. The first-order chi connectivity index (χ1) is 9.86. The second kappa shape index (κ2) is 6.26. The summed E-state index contributed by atoms with van der Waals surface area (Å²) in [6.07, 6.45) is -0.0252. The third kappa shape index (κ3) is 3.82. The van der Waals surface area contributed by atoms with Crippen molar-refractivity contribution in [3.63, 3.8) is 0 Å². The van der Waals surface area contributed by atoms with Gasteiger partial charge in [-0.25, -0.2) is 0 Å². The minimum Gasteiger partial charge on any atom is -0.461 e. The third-order valence-corrected chi connectivity index (χ3v) is 3.10. The zero-order valence-electron chi connectivity index (χ0n) is 12.9. The fraction of sp³-hybridized carbons (Fsp3) is 0.400. The lowest BCUT2D eigenvalue weighted by Crippen LogP contribution is -2.17. The number of ether oxygens (including phenoxy) is 1. The summed E-state index contributed by atoms with van der Waals surface area (Å²) in [6.45, 7) is 7.93. The maximum atomic E-state index is 5.96. The molecule has 1 heterocycles.